The fourth-order valence-electron chi connectivity index (χ4n) is 4.60. The number of hydrogen-bond donors (Lipinski definition) is 2. The van der Waals surface area contributed by atoms with E-state index >= 15 is 0 Å². The first-order valence-corrected chi connectivity index (χ1v) is 12.8. The minimum absolute atomic E-state index is 0.0193. The number of fused-ring (bicyclic) bond motifs is 1. The van der Waals surface area contributed by atoms with Crippen molar-refractivity contribution in [2.45, 2.75) is 59.2 Å². The first-order chi connectivity index (χ1) is 18.1. The molecule has 3 rings (SSSR count). The van der Waals surface area contributed by atoms with E-state index in [0.29, 0.717) is 48.2 Å². The van der Waals surface area contributed by atoms with Crippen LogP contribution in [0.25, 0.3) is 0 Å². The van der Waals surface area contributed by atoms with Crippen LogP contribution >= 0.6 is 0 Å². The Hall–Kier alpha value is -3.76. The highest BCUT2D eigenvalue weighted by Crippen LogP contribution is 2.38. The zero-order valence-corrected chi connectivity index (χ0v) is 23.3. The molecule has 3 amide bonds. The van der Waals surface area contributed by atoms with Gasteiger partial charge in [-0.2, -0.15) is 0 Å². The molecule has 1 atom stereocenters. The highest BCUT2D eigenvalue weighted by atomic mass is 16.5. The molecule has 0 aliphatic carbocycles. The molecule has 1 aliphatic heterocycles. The van der Waals surface area contributed by atoms with E-state index in [0.717, 1.165) is 6.42 Å². The third kappa shape index (κ3) is 5.71. The molecule has 0 spiro atoms. The minimum atomic E-state index is -1.10. The Morgan fingerprint density at radius 2 is 1.76 bits per heavy atom. The van der Waals surface area contributed by atoms with Gasteiger partial charge in [0.25, 0.3) is 11.8 Å². The van der Waals surface area contributed by atoms with Crippen molar-refractivity contribution < 1.29 is 28.6 Å². The molecule has 38 heavy (non-hydrogen) atoms. The summed E-state index contributed by atoms with van der Waals surface area (Å²) in [6, 6.07) is 3.48. The molecule has 2 heterocycles. The van der Waals surface area contributed by atoms with E-state index in [-0.39, 0.29) is 30.4 Å². The van der Waals surface area contributed by atoms with E-state index in [4.69, 9.17) is 14.2 Å². The van der Waals surface area contributed by atoms with Gasteiger partial charge in [-0.05, 0) is 43.4 Å². The van der Waals surface area contributed by atoms with Crippen molar-refractivity contribution in [3.63, 3.8) is 0 Å². The predicted octanol–water partition coefficient (Wildman–Crippen LogP) is 2.63. The number of carbonyl (C=O) groups is 3. The van der Waals surface area contributed by atoms with Crippen LogP contribution in [0.5, 0.6) is 17.2 Å². The molecule has 0 saturated heterocycles. The van der Waals surface area contributed by atoms with Crippen molar-refractivity contribution in [2.24, 2.45) is 5.92 Å². The molecule has 0 bridgehead atoms. The number of methoxy groups -OCH3 is 3. The van der Waals surface area contributed by atoms with Gasteiger partial charge in [-0.3, -0.25) is 14.4 Å². The Bertz CT molecular complexity index is 1150. The van der Waals surface area contributed by atoms with Crippen molar-refractivity contribution in [2.75, 3.05) is 34.4 Å². The lowest BCUT2D eigenvalue weighted by Gasteiger charge is -2.43. The first kappa shape index (κ1) is 28.8. The second-order valence-corrected chi connectivity index (χ2v) is 9.96. The van der Waals surface area contributed by atoms with Gasteiger partial charge in [-0.1, -0.05) is 20.8 Å². The summed E-state index contributed by atoms with van der Waals surface area (Å²) in [4.78, 5) is 45.9. The number of amides is 3. The molecular weight excluding hydrogens is 490 g/mol. The number of nitrogens with zero attached hydrogens (tertiary/aromatic N) is 3. The smallest absolute Gasteiger partial charge is 0.273 e. The van der Waals surface area contributed by atoms with Crippen LogP contribution in [-0.2, 0) is 17.9 Å². The van der Waals surface area contributed by atoms with Crippen LogP contribution in [0.15, 0.2) is 18.5 Å². The van der Waals surface area contributed by atoms with Crippen molar-refractivity contribution in [1.29, 1.82) is 0 Å². The Morgan fingerprint density at radius 3 is 2.32 bits per heavy atom. The van der Waals surface area contributed by atoms with Gasteiger partial charge in [0.15, 0.2) is 17.2 Å². The van der Waals surface area contributed by atoms with Gasteiger partial charge in [0.2, 0.25) is 11.7 Å². The number of carbonyl (C=O) groups excluding carboxylic acids is 3. The zero-order chi connectivity index (χ0) is 28.0. The van der Waals surface area contributed by atoms with E-state index in [1.807, 2.05) is 6.92 Å². The number of rotatable bonds is 12. The summed E-state index contributed by atoms with van der Waals surface area (Å²) in [5.74, 6) is 0.721. The highest BCUT2D eigenvalue weighted by molar-refractivity contribution is 6.07. The maximum atomic E-state index is 13.7. The third-order valence-electron chi connectivity index (χ3n) is 6.70. The van der Waals surface area contributed by atoms with Gasteiger partial charge in [0.1, 0.15) is 11.2 Å². The summed E-state index contributed by atoms with van der Waals surface area (Å²) >= 11 is 0. The van der Waals surface area contributed by atoms with Gasteiger partial charge >= 0.3 is 0 Å². The fourth-order valence-corrected chi connectivity index (χ4v) is 4.60. The van der Waals surface area contributed by atoms with Crippen LogP contribution in [0, 0.1) is 5.92 Å². The lowest BCUT2D eigenvalue weighted by atomic mass is 9.93. The van der Waals surface area contributed by atoms with E-state index in [1.54, 1.807) is 28.5 Å². The topological polar surface area (TPSA) is 124 Å². The lowest BCUT2D eigenvalue weighted by molar-refractivity contribution is -0.132. The van der Waals surface area contributed by atoms with Crippen LogP contribution in [-0.4, -0.2) is 72.1 Å². The Kier molecular flexibility index (Phi) is 9.24. The lowest BCUT2D eigenvalue weighted by Crippen LogP contribution is -2.64. The van der Waals surface area contributed by atoms with Crippen molar-refractivity contribution >= 4 is 17.7 Å². The molecule has 0 radical (unpaired) electrons. The molecule has 2 aromatic rings. The average molecular weight is 530 g/mol. The van der Waals surface area contributed by atoms with Gasteiger partial charge in [-0.25, -0.2) is 4.98 Å². The number of hydrogen-bond acceptors (Lipinski definition) is 7. The van der Waals surface area contributed by atoms with E-state index in [2.05, 4.69) is 29.5 Å². The zero-order valence-electron chi connectivity index (χ0n) is 23.3. The maximum absolute atomic E-state index is 13.7. The molecule has 1 aromatic carbocycles. The van der Waals surface area contributed by atoms with Gasteiger partial charge in [-0.15, -0.1) is 0 Å². The molecule has 11 heteroatoms. The van der Waals surface area contributed by atoms with Crippen LogP contribution in [0.4, 0.5) is 0 Å². The van der Waals surface area contributed by atoms with Crippen molar-refractivity contribution in [3.05, 3.63) is 35.4 Å². The quantitative estimate of drug-likeness (QED) is 0.433. The van der Waals surface area contributed by atoms with E-state index < -0.39 is 17.4 Å². The van der Waals surface area contributed by atoms with E-state index in [1.165, 1.54) is 27.7 Å². The summed E-state index contributed by atoms with van der Waals surface area (Å²) in [6.45, 7) is 9.15. The molecule has 11 nitrogen and oxygen atoms in total. The van der Waals surface area contributed by atoms with E-state index in [9.17, 15) is 14.4 Å². The predicted molar refractivity (Wildman–Crippen MR) is 142 cm³/mol. The Labute approximate surface area is 223 Å². The van der Waals surface area contributed by atoms with Crippen LogP contribution in [0.2, 0.25) is 0 Å². The first-order valence-electron chi connectivity index (χ1n) is 12.8. The summed E-state index contributed by atoms with van der Waals surface area (Å²) < 4.78 is 17.7. The molecular formula is C27H39N5O6. The van der Waals surface area contributed by atoms with Crippen LogP contribution < -0.4 is 24.8 Å². The number of nitrogens with one attached hydrogen (secondary N) is 2. The molecule has 2 N–H and O–H groups in total. The van der Waals surface area contributed by atoms with Gasteiger partial charge in [0.05, 0.1) is 34.2 Å². The standard InChI is InChI=1S/C27H39N5O6/c1-8-11-32-25(34)22-21(30-16-31(22)15-27(32,4)26(35)28-10-9-17(2)3)24(33)29-14-18-12-19(36-5)23(38-7)20(13-18)37-6/h12-13,16-17H,8-11,14-15H2,1-7H3,(H,28,35)(H,29,33). The summed E-state index contributed by atoms with van der Waals surface area (Å²) in [5.41, 5.74) is -0.188. The molecule has 1 aliphatic rings. The SMILES string of the molecule is CCCN1C(=O)c2c(C(=O)NCc3cc(OC)c(OC)c(OC)c3)ncn2CC1(C)C(=O)NCCC(C)C. The Balaban J connectivity index is 1.83. The average Bonchev–Trinajstić information content (AvgIpc) is 3.32. The molecule has 1 unspecified atom stereocenters. The monoisotopic (exact) mass is 529 g/mol. The third-order valence-corrected chi connectivity index (χ3v) is 6.70. The van der Waals surface area contributed by atoms with Gasteiger partial charge in [0, 0.05) is 19.6 Å². The fraction of sp³-hybridized carbons (Fsp3) is 0.556. The van der Waals surface area contributed by atoms with Crippen LogP contribution in [0.1, 0.15) is 67.1 Å². The number of benzene rings is 1. The van der Waals surface area contributed by atoms with Gasteiger partial charge < -0.3 is 34.3 Å². The molecule has 1 aromatic heterocycles. The molecule has 0 fully saturated rings. The number of ether oxygens (including phenoxy) is 3. The second kappa shape index (κ2) is 12.2. The normalized spacial score (nSPS) is 16.7. The van der Waals surface area contributed by atoms with Crippen molar-refractivity contribution in [1.82, 2.24) is 25.1 Å². The largest absolute Gasteiger partial charge is 0.493 e. The molecule has 208 valence electrons. The maximum Gasteiger partial charge on any atom is 0.273 e. The number of aromatic nitrogens is 2. The minimum Gasteiger partial charge on any atom is -0.493 e. The summed E-state index contributed by atoms with van der Waals surface area (Å²) in [5, 5.41) is 5.81. The Morgan fingerprint density at radius 1 is 1.11 bits per heavy atom. The summed E-state index contributed by atoms with van der Waals surface area (Å²) in [6.07, 6.45) is 2.96. The van der Waals surface area contributed by atoms with Crippen LogP contribution in [0.3, 0.4) is 0 Å². The van der Waals surface area contributed by atoms with Crippen molar-refractivity contribution in [3.8, 4) is 17.2 Å². The number of imidazole rings is 1. The molecule has 0 saturated carbocycles. The highest BCUT2D eigenvalue weighted by Gasteiger charge is 2.48. The second-order valence-electron chi connectivity index (χ2n) is 9.96. The summed E-state index contributed by atoms with van der Waals surface area (Å²) in [7, 11) is 4.55.